The Balaban J connectivity index is 1.28. The largest absolute Gasteiger partial charge is 0.464 e. The van der Waals surface area contributed by atoms with Gasteiger partial charge in [0.15, 0.2) is 0 Å². The summed E-state index contributed by atoms with van der Waals surface area (Å²) < 4.78 is 9.08. The second-order valence-electron chi connectivity index (χ2n) is 9.53. The van der Waals surface area contributed by atoms with E-state index in [4.69, 9.17) is 14.4 Å². The van der Waals surface area contributed by atoms with Gasteiger partial charge in [0.05, 0.1) is 33.2 Å². The van der Waals surface area contributed by atoms with Crippen LogP contribution in [-0.2, 0) is 0 Å². The third kappa shape index (κ3) is 3.67. The van der Waals surface area contributed by atoms with E-state index in [1.165, 1.54) is 21.0 Å². The lowest BCUT2D eigenvalue weighted by Crippen LogP contribution is -1.95. The van der Waals surface area contributed by atoms with Crippen LogP contribution in [0.4, 0.5) is 0 Å². The van der Waals surface area contributed by atoms with E-state index < -0.39 is 0 Å². The number of pyridine rings is 1. The molecule has 0 unspecified atom stereocenters. The van der Waals surface area contributed by atoms with E-state index in [0.29, 0.717) is 0 Å². The second-order valence-corrected chi connectivity index (χ2v) is 10.6. The number of benzene rings is 4. The number of para-hydroxylation sites is 2. The number of hydrogen-bond acceptors (Lipinski definition) is 4. The molecule has 0 aliphatic carbocycles. The predicted molar refractivity (Wildman–Crippen MR) is 160 cm³/mol. The second kappa shape index (κ2) is 8.79. The minimum absolute atomic E-state index is 0.817. The molecule has 0 aliphatic heterocycles. The van der Waals surface area contributed by atoms with E-state index in [0.717, 1.165) is 49.9 Å². The highest BCUT2D eigenvalue weighted by Crippen LogP contribution is 2.37. The Morgan fingerprint density at radius 1 is 0.641 bits per heavy atom. The zero-order valence-electron chi connectivity index (χ0n) is 20.8. The number of aromatic nitrogens is 3. The summed E-state index contributed by atoms with van der Waals surface area (Å²) in [5, 5.41) is 3.49. The van der Waals surface area contributed by atoms with E-state index in [2.05, 4.69) is 95.6 Å². The molecule has 8 aromatic rings. The fraction of sp³-hybridized carbons (Fsp3) is 0. The molecule has 4 aromatic heterocycles. The van der Waals surface area contributed by atoms with Crippen LogP contribution >= 0.6 is 11.3 Å². The first-order valence-electron chi connectivity index (χ1n) is 12.8. The molecule has 39 heavy (non-hydrogen) atoms. The van der Waals surface area contributed by atoms with Crippen LogP contribution in [0.25, 0.3) is 70.9 Å². The topological polar surface area (TPSA) is 43.9 Å². The molecule has 0 saturated heterocycles. The quantitative estimate of drug-likeness (QED) is 0.233. The Labute approximate surface area is 228 Å². The van der Waals surface area contributed by atoms with Crippen molar-refractivity contribution in [3.63, 3.8) is 0 Å². The van der Waals surface area contributed by atoms with E-state index in [1.807, 2.05) is 30.5 Å². The summed E-state index contributed by atoms with van der Waals surface area (Å²) in [4.78, 5) is 9.67. The van der Waals surface area contributed by atoms with Gasteiger partial charge in [-0.1, -0.05) is 54.6 Å². The molecule has 0 atom stereocenters. The molecule has 0 amide bonds. The number of fused-ring (bicyclic) bond motifs is 4. The molecule has 0 aliphatic rings. The molecule has 184 valence electrons. The molecule has 0 N–H and O–H groups in total. The van der Waals surface area contributed by atoms with Crippen molar-refractivity contribution in [2.24, 2.45) is 0 Å². The molecule has 0 bridgehead atoms. The van der Waals surface area contributed by atoms with Crippen molar-refractivity contribution in [3.8, 4) is 38.8 Å². The summed E-state index contributed by atoms with van der Waals surface area (Å²) in [7, 11) is 0. The van der Waals surface area contributed by atoms with Gasteiger partial charge < -0.3 is 8.98 Å². The summed E-state index contributed by atoms with van der Waals surface area (Å²) in [6.45, 7) is 0. The first-order chi connectivity index (χ1) is 19.3. The number of rotatable bonds is 4. The molecule has 0 radical (unpaired) electrons. The lowest BCUT2D eigenvalue weighted by atomic mass is 10.1. The maximum Gasteiger partial charge on any atom is 0.135 e. The lowest BCUT2D eigenvalue weighted by molar-refractivity contribution is 0.582. The first kappa shape index (κ1) is 22.0. The molecule has 4 heterocycles. The summed E-state index contributed by atoms with van der Waals surface area (Å²) >= 11 is 1.73. The van der Waals surface area contributed by atoms with Gasteiger partial charge in [-0.05, 0) is 60.7 Å². The van der Waals surface area contributed by atoms with Crippen LogP contribution in [0.2, 0.25) is 0 Å². The van der Waals surface area contributed by atoms with Gasteiger partial charge in [0.25, 0.3) is 0 Å². The normalized spacial score (nSPS) is 11.6. The zero-order valence-corrected chi connectivity index (χ0v) is 21.6. The summed E-state index contributed by atoms with van der Waals surface area (Å²) in [6, 6.07) is 40.1. The van der Waals surface area contributed by atoms with Crippen LogP contribution in [-0.4, -0.2) is 14.5 Å². The monoisotopic (exact) mass is 519 g/mol. The van der Waals surface area contributed by atoms with Gasteiger partial charge in [-0.25, -0.2) is 4.98 Å². The average molecular weight is 520 g/mol. The average Bonchev–Trinajstić information content (AvgIpc) is 3.75. The van der Waals surface area contributed by atoms with E-state index in [-0.39, 0.29) is 0 Å². The molecule has 4 aromatic carbocycles. The van der Waals surface area contributed by atoms with E-state index in [1.54, 1.807) is 17.6 Å². The first-order valence-corrected chi connectivity index (χ1v) is 13.6. The van der Waals surface area contributed by atoms with Crippen LogP contribution in [0.1, 0.15) is 0 Å². The van der Waals surface area contributed by atoms with Gasteiger partial charge in [-0.15, -0.1) is 11.3 Å². The van der Waals surface area contributed by atoms with Gasteiger partial charge in [-0.3, -0.25) is 4.98 Å². The smallest absolute Gasteiger partial charge is 0.135 e. The lowest BCUT2D eigenvalue weighted by Gasteiger charge is -2.11. The van der Waals surface area contributed by atoms with E-state index in [9.17, 15) is 0 Å². The molecule has 0 spiro atoms. The molecule has 8 rings (SSSR count). The molecule has 0 saturated carbocycles. The molecule has 0 fully saturated rings. The maximum absolute atomic E-state index is 5.53. The van der Waals surface area contributed by atoms with Crippen molar-refractivity contribution in [1.29, 1.82) is 0 Å². The van der Waals surface area contributed by atoms with Crippen molar-refractivity contribution < 1.29 is 4.42 Å². The fourth-order valence-corrected chi connectivity index (χ4v) is 6.30. The van der Waals surface area contributed by atoms with Gasteiger partial charge >= 0.3 is 0 Å². The van der Waals surface area contributed by atoms with Crippen molar-refractivity contribution in [1.82, 2.24) is 14.5 Å². The number of furan rings is 1. The zero-order chi connectivity index (χ0) is 25.8. The summed E-state index contributed by atoms with van der Waals surface area (Å²) in [5.41, 5.74) is 8.53. The molecule has 4 nitrogen and oxygen atoms in total. The van der Waals surface area contributed by atoms with Crippen LogP contribution in [0.3, 0.4) is 0 Å². The standard InChI is InChI=1S/C34H21N3OS/c1-3-11-30-26(9-1)27-16-14-23(34-36-29-10-2-4-13-33(29)39-34)20-31(27)37(30)25-8-5-7-22(19-25)28-17-15-24(21-35-28)32-12-6-18-38-32/h1-21H. The van der Waals surface area contributed by atoms with Crippen molar-refractivity contribution in [2.45, 2.75) is 0 Å². The molecular formula is C34H21N3OS. The van der Waals surface area contributed by atoms with Gasteiger partial charge in [0.1, 0.15) is 10.8 Å². The van der Waals surface area contributed by atoms with Crippen LogP contribution < -0.4 is 0 Å². The highest BCUT2D eigenvalue weighted by Gasteiger charge is 2.15. The molecule has 5 heteroatoms. The summed E-state index contributed by atoms with van der Waals surface area (Å²) in [6.07, 6.45) is 3.55. The Morgan fingerprint density at radius 2 is 1.51 bits per heavy atom. The van der Waals surface area contributed by atoms with Gasteiger partial charge in [0, 0.05) is 39.3 Å². The summed E-state index contributed by atoms with van der Waals surface area (Å²) in [5.74, 6) is 0.817. The number of thiazole rings is 1. The Hall–Kier alpha value is -5.00. The minimum Gasteiger partial charge on any atom is -0.464 e. The minimum atomic E-state index is 0.817. The highest BCUT2D eigenvalue weighted by molar-refractivity contribution is 7.21. The van der Waals surface area contributed by atoms with Crippen LogP contribution in [0.15, 0.2) is 132 Å². The van der Waals surface area contributed by atoms with Crippen molar-refractivity contribution >= 4 is 43.4 Å². The van der Waals surface area contributed by atoms with Gasteiger partial charge in [0.2, 0.25) is 0 Å². The Morgan fingerprint density at radius 3 is 2.38 bits per heavy atom. The fourth-order valence-electron chi connectivity index (χ4n) is 5.33. The van der Waals surface area contributed by atoms with Gasteiger partial charge in [-0.2, -0.15) is 0 Å². The van der Waals surface area contributed by atoms with Crippen molar-refractivity contribution in [2.75, 3.05) is 0 Å². The SMILES string of the molecule is c1cc(-c2ccc(-c3ccco3)cn2)cc(-n2c3ccccc3c3ccc(-c4nc5ccccc5s4)cc32)c1. The van der Waals surface area contributed by atoms with Crippen LogP contribution in [0.5, 0.6) is 0 Å². The van der Waals surface area contributed by atoms with Crippen LogP contribution in [0, 0.1) is 0 Å². The number of nitrogens with zero attached hydrogens (tertiary/aromatic N) is 3. The Bertz CT molecular complexity index is 2090. The highest BCUT2D eigenvalue weighted by atomic mass is 32.1. The molecular weight excluding hydrogens is 498 g/mol. The third-order valence-electron chi connectivity index (χ3n) is 7.18. The maximum atomic E-state index is 5.53. The van der Waals surface area contributed by atoms with E-state index >= 15 is 0 Å². The Kier molecular flexibility index (Phi) is 4.96. The van der Waals surface area contributed by atoms with Crippen molar-refractivity contribution in [3.05, 3.63) is 128 Å². The predicted octanol–water partition coefficient (Wildman–Crippen LogP) is 9.38. The number of hydrogen-bond donors (Lipinski definition) is 0. The third-order valence-corrected chi connectivity index (χ3v) is 8.27.